The summed E-state index contributed by atoms with van der Waals surface area (Å²) in [6, 6.07) is 0. The van der Waals surface area contributed by atoms with Gasteiger partial charge in [-0.2, -0.15) is 9.97 Å². The smallest absolute Gasteiger partial charge is 0.353 e. The normalized spacial score (nSPS) is 15.5. The zero-order chi connectivity index (χ0) is 13.1. The van der Waals surface area contributed by atoms with Gasteiger partial charge in [0, 0.05) is 20.1 Å². The molecular formula is C10H16N6O2. The molecule has 0 saturated carbocycles. The first-order valence-corrected chi connectivity index (χ1v) is 5.88. The van der Waals surface area contributed by atoms with Gasteiger partial charge in [0.05, 0.1) is 4.92 Å². The predicted molar refractivity (Wildman–Crippen MR) is 68.7 cm³/mol. The van der Waals surface area contributed by atoms with Crippen LogP contribution in [0.25, 0.3) is 0 Å². The number of aromatic nitrogens is 2. The molecule has 1 aromatic heterocycles. The fourth-order valence-corrected chi connectivity index (χ4v) is 2.07. The number of nitrogens with zero attached hydrogens (tertiary/aromatic N) is 4. The summed E-state index contributed by atoms with van der Waals surface area (Å²) in [7, 11) is 1.65. The maximum absolute atomic E-state index is 11.1. The zero-order valence-electron chi connectivity index (χ0n) is 10.2. The highest BCUT2D eigenvalue weighted by molar-refractivity contribution is 5.71. The summed E-state index contributed by atoms with van der Waals surface area (Å²) in [4.78, 5) is 20.5. The number of nitrogen functional groups attached to an aromatic ring is 1. The van der Waals surface area contributed by atoms with E-state index in [-0.39, 0.29) is 11.5 Å². The summed E-state index contributed by atoms with van der Waals surface area (Å²) in [5.74, 6) is 0.523. The molecule has 8 heteroatoms. The van der Waals surface area contributed by atoms with Crippen molar-refractivity contribution in [2.24, 2.45) is 0 Å². The highest BCUT2D eigenvalue weighted by atomic mass is 16.6. The molecule has 1 aliphatic heterocycles. The van der Waals surface area contributed by atoms with Crippen LogP contribution in [-0.2, 0) is 0 Å². The van der Waals surface area contributed by atoms with E-state index in [9.17, 15) is 10.1 Å². The van der Waals surface area contributed by atoms with Gasteiger partial charge in [0.15, 0.2) is 0 Å². The van der Waals surface area contributed by atoms with Gasteiger partial charge in [0.25, 0.3) is 0 Å². The van der Waals surface area contributed by atoms with E-state index < -0.39 is 4.92 Å². The minimum Gasteiger partial charge on any atom is -0.378 e. The van der Waals surface area contributed by atoms with E-state index in [0.717, 1.165) is 32.4 Å². The van der Waals surface area contributed by atoms with Crippen LogP contribution in [0.5, 0.6) is 0 Å². The van der Waals surface area contributed by atoms with Gasteiger partial charge in [0.2, 0.25) is 17.6 Å². The van der Waals surface area contributed by atoms with Crippen molar-refractivity contribution in [3.8, 4) is 0 Å². The Morgan fingerprint density at radius 2 is 2.00 bits per heavy atom. The Morgan fingerprint density at radius 1 is 1.33 bits per heavy atom. The van der Waals surface area contributed by atoms with E-state index in [0.29, 0.717) is 11.8 Å². The van der Waals surface area contributed by atoms with Crippen LogP contribution in [0.2, 0.25) is 0 Å². The van der Waals surface area contributed by atoms with Crippen molar-refractivity contribution >= 4 is 23.3 Å². The van der Waals surface area contributed by atoms with E-state index in [1.807, 2.05) is 4.90 Å². The van der Waals surface area contributed by atoms with Gasteiger partial charge in [-0.15, -0.1) is 0 Å². The Kier molecular flexibility index (Phi) is 3.45. The molecule has 1 fully saturated rings. The van der Waals surface area contributed by atoms with Crippen LogP contribution in [0.3, 0.4) is 0 Å². The summed E-state index contributed by atoms with van der Waals surface area (Å²) >= 11 is 0. The standard InChI is InChI=1S/C10H16N6O2/c1-12-10-13-8(11)7(16(17)18)9(14-10)15-5-3-2-4-6-15/h2-6H2,1H3,(H3,11,12,13,14). The second-order valence-corrected chi connectivity index (χ2v) is 4.16. The van der Waals surface area contributed by atoms with Crippen molar-refractivity contribution in [3.63, 3.8) is 0 Å². The lowest BCUT2D eigenvalue weighted by molar-refractivity contribution is -0.383. The number of hydrogen-bond acceptors (Lipinski definition) is 7. The van der Waals surface area contributed by atoms with Gasteiger partial charge in [-0.25, -0.2) is 0 Å². The summed E-state index contributed by atoms with van der Waals surface area (Å²) in [6.45, 7) is 1.53. The minimum atomic E-state index is -0.515. The zero-order valence-corrected chi connectivity index (χ0v) is 10.2. The topological polar surface area (TPSA) is 110 Å². The Labute approximate surface area is 104 Å². The molecule has 0 aliphatic carbocycles. The van der Waals surface area contributed by atoms with E-state index >= 15 is 0 Å². The molecule has 8 nitrogen and oxygen atoms in total. The van der Waals surface area contributed by atoms with E-state index in [4.69, 9.17) is 5.73 Å². The Hall–Kier alpha value is -2.12. The molecule has 0 unspecified atom stereocenters. The first kappa shape index (κ1) is 12.3. The molecule has 0 bridgehead atoms. The first-order valence-electron chi connectivity index (χ1n) is 5.88. The average molecular weight is 252 g/mol. The van der Waals surface area contributed by atoms with Crippen LogP contribution >= 0.6 is 0 Å². The molecule has 0 atom stereocenters. The second-order valence-electron chi connectivity index (χ2n) is 4.16. The van der Waals surface area contributed by atoms with Crippen LogP contribution in [0, 0.1) is 10.1 Å². The Bertz CT molecular complexity index is 458. The lowest BCUT2D eigenvalue weighted by Gasteiger charge is -2.27. The molecule has 0 radical (unpaired) electrons. The Morgan fingerprint density at radius 3 is 2.56 bits per heavy atom. The van der Waals surface area contributed by atoms with Gasteiger partial charge >= 0.3 is 5.69 Å². The van der Waals surface area contributed by atoms with E-state index in [1.165, 1.54) is 0 Å². The third-order valence-electron chi connectivity index (χ3n) is 2.95. The number of nitro groups is 1. The molecule has 2 heterocycles. The van der Waals surface area contributed by atoms with Crippen LogP contribution in [0.15, 0.2) is 0 Å². The fourth-order valence-electron chi connectivity index (χ4n) is 2.07. The monoisotopic (exact) mass is 252 g/mol. The van der Waals surface area contributed by atoms with Gasteiger partial charge in [-0.3, -0.25) is 10.1 Å². The van der Waals surface area contributed by atoms with Crippen LogP contribution < -0.4 is 16.0 Å². The molecule has 0 amide bonds. The quantitative estimate of drug-likeness (QED) is 0.609. The molecule has 2 rings (SSSR count). The third-order valence-corrected chi connectivity index (χ3v) is 2.95. The summed E-state index contributed by atoms with van der Waals surface area (Å²) in [6.07, 6.45) is 3.16. The highest BCUT2D eigenvalue weighted by Crippen LogP contribution is 2.33. The second kappa shape index (κ2) is 5.03. The molecule has 0 spiro atoms. The lowest BCUT2D eigenvalue weighted by Crippen LogP contribution is -2.31. The molecule has 1 aromatic rings. The number of nitrogens with one attached hydrogen (secondary N) is 1. The third kappa shape index (κ3) is 2.27. The van der Waals surface area contributed by atoms with Crippen molar-refractivity contribution in [2.45, 2.75) is 19.3 Å². The van der Waals surface area contributed by atoms with Crippen molar-refractivity contribution < 1.29 is 4.92 Å². The van der Waals surface area contributed by atoms with Crippen molar-refractivity contribution in [3.05, 3.63) is 10.1 Å². The number of piperidine rings is 1. The molecule has 1 saturated heterocycles. The molecule has 18 heavy (non-hydrogen) atoms. The minimum absolute atomic E-state index is 0.0973. The molecule has 98 valence electrons. The SMILES string of the molecule is CNc1nc(N)c([N+](=O)[O-])c(N2CCCCC2)n1. The van der Waals surface area contributed by atoms with Crippen LogP contribution in [-0.4, -0.2) is 35.0 Å². The number of anilines is 3. The summed E-state index contributed by atoms with van der Waals surface area (Å²) in [5, 5.41) is 13.8. The number of nitrogens with two attached hydrogens (primary N) is 1. The van der Waals surface area contributed by atoms with Crippen molar-refractivity contribution in [1.29, 1.82) is 0 Å². The number of hydrogen-bond donors (Lipinski definition) is 2. The van der Waals surface area contributed by atoms with E-state index in [1.54, 1.807) is 7.05 Å². The lowest BCUT2D eigenvalue weighted by atomic mass is 10.1. The van der Waals surface area contributed by atoms with Gasteiger partial charge < -0.3 is 16.0 Å². The van der Waals surface area contributed by atoms with Gasteiger partial charge in [-0.1, -0.05) is 0 Å². The fraction of sp³-hybridized carbons (Fsp3) is 0.600. The van der Waals surface area contributed by atoms with Crippen molar-refractivity contribution in [2.75, 3.05) is 36.1 Å². The summed E-state index contributed by atoms with van der Waals surface area (Å²) < 4.78 is 0. The Balaban J connectivity index is 2.47. The van der Waals surface area contributed by atoms with Crippen molar-refractivity contribution in [1.82, 2.24) is 9.97 Å². The number of rotatable bonds is 3. The van der Waals surface area contributed by atoms with Gasteiger partial charge in [0.1, 0.15) is 0 Å². The van der Waals surface area contributed by atoms with Gasteiger partial charge in [-0.05, 0) is 19.3 Å². The largest absolute Gasteiger partial charge is 0.378 e. The van der Waals surface area contributed by atoms with Crippen LogP contribution in [0.4, 0.5) is 23.3 Å². The van der Waals surface area contributed by atoms with E-state index in [2.05, 4.69) is 15.3 Å². The molecule has 1 aliphatic rings. The first-order chi connectivity index (χ1) is 8.63. The van der Waals surface area contributed by atoms with Crippen LogP contribution in [0.1, 0.15) is 19.3 Å². The highest BCUT2D eigenvalue weighted by Gasteiger charge is 2.27. The maximum Gasteiger partial charge on any atom is 0.353 e. The molecular weight excluding hydrogens is 236 g/mol. The maximum atomic E-state index is 11.1. The summed E-state index contributed by atoms with van der Waals surface area (Å²) in [5.41, 5.74) is 5.45. The predicted octanol–water partition coefficient (Wildman–Crippen LogP) is 0.999. The molecule has 0 aromatic carbocycles. The average Bonchev–Trinajstić information content (AvgIpc) is 2.38. The molecule has 3 N–H and O–H groups in total.